The van der Waals surface area contributed by atoms with Crippen LogP contribution < -0.4 is 9.47 Å². The molecular formula is C40H46F6N2O2. The molecule has 0 saturated carbocycles. The van der Waals surface area contributed by atoms with Gasteiger partial charge in [-0.15, -0.1) is 0 Å². The Morgan fingerprint density at radius 1 is 0.460 bits per heavy atom. The van der Waals surface area contributed by atoms with Crippen molar-refractivity contribution in [3.05, 3.63) is 131 Å². The molecule has 0 aliphatic rings. The molecule has 0 fully saturated rings. The van der Waals surface area contributed by atoms with Crippen molar-refractivity contribution >= 4 is 0 Å². The van der Waals surface area contributed by atoms with Crippen LogP contribution in [0.4, 0.5) is 26.3 Å². The molecule has 0 heterocycles. The third-order valence-corrected chi connectivity index (χ3v) is 8.64. The number of halogens is 6. The first-order valence-corrected chi connectivity index (χ1v) is 17.0. The van der Waals surface area contributed by atoms with E-state index in [9.17, 15) is 26.3 Å². The number of benzene rings is 4. The van der Waals surface area contributed by atoms with E-state index in [1.807, 2.05) is 60.7 Å². The number of nitrogens with zero attached hydrogens (tertiary/aromatic N) is 2. The SMILES string of the molecule is CN(CCCCCCN(C)CCC(Oc1ccc(C(F)(F)F)cc1)c1ccccc1)CCC(Oc1ccc(C(F)(F)F)cc1)c1ccccc1. The Bertz CT molecular complexity index is 1400. The molecule has 4 aromatic carbocycles. The van der Waals surface area contributed by atoms with Crippen LogP contribution in [-0.4, -0.2) is 50.1 Å². The third kappa shape index (κ3) is 13.0. The molecule has 0 saturated heterocycles. The van der Waals surface area contributed by atoms with E-state index in [1.165, 1.54) is 24.3 Å². The van der Waals surface area contributed by atoms with Crippen LogP contribution in [0.3, 0.4) is 0 Å². The second-order valence-electron chi connectivity index (χ2n) is 12.7. The summed E-state index contributed by atoms with van der Waals surface area (Å²) in [5, 5.41) is 0. The van der Waals surface area contributed by atoms with Crippen LogP contribution in [0.15, 0.2) is 109 Å². The minimum atomic E-state index is -4.39. The lowest BCUT2D eigenvalue weighted by Crippen LogP contribution is -2.24. The molecule has 0 aliphatic carbocycles. The highest BCUT2D eigenvalue weighted by atomic mass is 19.4. The zero-order valence-corrected chi connectivity index (χ0v) is 28.6. The molecule has 0 amide bonds. The molecule has 0 aliphatic heterocycles. The maximum atomic E-state index is 13.0. The maximum Gasteiger partial charge on any atom is 0.416 e. The molecule has 10 heteroatoms. The summed E-state index contributed by atoms with van der Waals surface area (Å²) in [6.45, 7) is 3.41. The Labute approximate surface area is 291 Å². The molecular weight excluding hydrogens is 654 g/mol. The molecule has 0 spiro atoms. The fraction of sp³-hybridized carbons (Fsp3) is 0.400. The molecule has 4 nitrogen and oxygen atoms in total. The maximum absolute atomic E-state index is 13.0. The topological polar surface area (TPSA) is 24.9 Å². The lowest BCUT2D eigenvalue weighted by Gasteiger charge is -2.24. The second kappa shape index (κ2) is 18.8. The lowest BCUT2D eigenvalue weighted by molar-refractivity contribution is -0.138. The van der Waals surface area contributed by atoms with Crippen LogP contribution in [0, 0.1) is 0 Å². The van der Waals surface area contributed by atoms with E-state index in [-0.39, 0.29) is 12.2 Å². The fourth-order valence-electron chi connectivity index (χ4n) is 5.71. The monoisotopic (exact) mass is 700 g/mol. The molecule has 2 atom stereocenters. The molecule has 4 rings (SSSR count). The molecule has 2 unspecified atom stereocenters. The van der Waals surface area contributed by atoms with Crippen LogP contribution in [0.2, 0.25) is 0 Å². The average molecular weight is 701 g/mol. The van der Waals surface area contributed by atoms with Gasteiger partial charge in [0.25, 0.3) is 0 Å². The first-order chi connectivity index (χ1) is 23.9. The van der Waals surface area contributed by atoms with E-state index in [0.717, 1.165) is 87.3 Å². The van der Waals surface area contributed by atoms with Crippen LogP contribution in [0.5, 0.6) is 11.5 Å². The lowest BCUT2D eigenvalue weighted by atomic mass is 10.1. The Hall–Kier alpha value is -4.02. The van der Waals surface area contributed by atoms with E-state index in [1.54, 1.807) is 0 Å². The summed E-state index contributed by atoms with van der Waals surface area (Å²) >= 11 is 0. The number of ether oxygens (including phenoxy) is 2. The number of hydrogen-bond donors (Lipinski definition) is 0. The van der Waals surface area contributed by atoms with E-state index >= 15 is 0 Å². The Balaban J connectivity index is 1.16. The zero-order chi connectivity index (χ0) is 36.0. The van der Waals surface area contributed by atoms with Crippen LogP contribution >= 0.6 is 0 Å². The highest BCUT2D eigenvalue weighted by molar-refractivity contribution is 5.31. The predicted molar refractivity (Wildman–Crippen MR) is 185 cm³/mol. The van der Waals surface area contributed by atoms with Crippen molar-refractivity contribution in [1.29, 1.82) is 0 Å². The van der Waals surface area contributed by atoms with E-state index < -0.39 is 23.5 Å². The molecule has 0 bridgehead atoms. The summed E-state index contributed by atoms with van der Waals surface area (Å²) in [6.07, 6.45) is -3.68. The van der Waals surface area contributed by atoms with Gasteiger partial charge in [-0.05, 0) is 99.7 Å². The van der Waals surface area contributed by atoms with Gasteiger partial charge in [0.15, 0.2) is 0 Å². The summed E-state index contributed by atoms with van der Waals surface area (Å²) in [4.78, 5) is 4.52. The number of unbranched alkanes of at least 4 members (excludes halogenated alkanes) is 3. The van der Waals surface area contributed by atoms with Crippen LogP contribution in [0.1, 0.15) is 73.0 Å². The smallest absolute Gasteiger partial charge is 0.416 e. The minimum absolute atomic E-state index is 0.284. The molecule has 4 aromatic rings. The first-order valence-electron chi connectivity index (χ1n) is 17.0. The zero-order valence-electron chi connectivity index (χ0n) is 28.6. The van der Waals surface area contributed by atoms with Gasteiger partial charge in [0.1, 0.15) is 23.7 Å². The Morgan fingerprint density at radius 2 is 0.800 bits per heavy atom. The standard InChI is InChI=1S/C40H46F6N2O2/c1-47(29-25-37(31-13-7-5-8-14-31)49-35-21-17-33(18-22-35)39(41,42)43)27-11-3-4-12-28-48(2)30-26-38(32-15-9-6-10-16-32)50-36-23-19-34(20-24-36)40(44,45)46/h5-10,13-24,37-38H,3-4,11-12,25-30H2,1-2H3. The van der Waals surface area contributed by atoms with Crippen molar-refractivity contribution in [2.75, 3.05) is 40.3 Å². The van der Waals surface area contributed by atoms with Gasteiger partial charge >= 0.3 is 12.4 Å². The van der Waals surface area contributed by atoms with Crippen molar-refractivity contribution in [2.24, 2.45) is 0 Å². The average Bonchev–Trinajstić information content (AvgIpc) is 3.10. The first kappa shape index (κ1) is 38.8. The molecule has 50 heavy (non-hydrogen) atoms. The second-order valence-corrected chi connectivity index (χ2v) is 12.7. The van der Waals surface area contributed by atoms with Gasteiger partial charge in [-0.25, -0.2) is 0 Å². The summed E-state index contributed by atoms with van der Waals surface area (Å²) in [5.41, 5.74) is 0.555. The van der Waals surface area contributed by atoms with E-state index in [0.29, 0.717) is 24.3 Å². The van der Waals surface area contributed by atoms with E-state index in [4.69, 9.17) is 9.47 Å². The van der Waals surface area contributed by atoms with Gasteiger partial charge < -0.3 is 19.3 Å². The molecule has 0 N–H and O–H groups in total. The van der Waals surface area contributed by atoms with Crippen molar-refractivity contribution in [3.8, 4) is 11.5 Å². The van der Waals surface area contributed by atoms with Gasteiger partial charge in [-0.2, -0.15) is 26.3 Å². The highest BCUT2D eigenvalue weighted by Crippen LogP contribution is 2.33. The minimum Gasteiger partial charge on any atom is -0.486 e. The van der Waals surface area contributed by atoms with Gasteiger partial charge in [0.2, 0.25) is 0 Å². The van der Waals surface area contributed by atoms with Gasteiger partial charge in [-0.3, -0.25) is 0 Å². The predicted octanol–water partition coefficient (Wildman–Crippen LogP) is 10.9. The number of alkyl halides is 6. The van der Waals surface area contributed by atoms with Crippen molar-refractivity contribution in [3.63, 3.8) is 0 Å². The largest absolute Gasteiger partial charge is 0.486 e. The molecule has 0 radical (unpaired) electrons. The summed E-state index contributed by atoms with van der Waals surface area (Å²) in [7, 11) is 4.15. The van der Waals surface area contributed by atoms with E-state index in [2.05, 4.69) is 23.9 Å². The fourth-order valence-corrected chi connectivity index (χ4v) is 5.71. The summed E-state index contributed by atoms with van der Waals surface area (Å²) < 4.78 is 90.3. The molecule has 0 aromatic heterocycles. The Morgan fingerprint density at radius 3 is 1.12 bits per heavy atom. The summed E-state index contributed by atoms with van der Waals surface area (Å²) in [6, 6.07) is 29.1. The highest BCUT2D eigenvalue weighted by Gasteiger charge is 2.31. The normalized spacial score (nSPS) is 13.4. The summed E-state index contributed by atoms with van der Waals surface area (Å²) in [5.74, 6) is 0.809. The van der Waals surface area contributed by atoms with Crippen molar-refractivity contribution in [1.82, 2.24) is 9.80 Å². The van der Waals surface area contributed by atoms with Crippen LogP contribution in [0.25, 0.3) is 0 Å². The Kier molecular flexibility index (Phi) is 14.6. The van der Waals surface area contributed by atoms with Crippen LogP contribution in [-0.2, 0) is 12.4 Å². The van der Waals surface area contributed by atoms with Gasteiger partial charge in [0.05, 0.1) is 11.1 Å². The van der Waals surface area contributed by atoms with Gasteiger partial charge in [0, 0.05) is 25.9 Å². The molecule has 270 valence electrons. The van der Waals surface area contributed by atoms with Crippen molar-refractivity contribution in [2.45, 2.75) is 63.1 Å². The quantitative estimate of drug-likeness (QED) is 0.0718. The number of rotatable bonds is 19. The number of hydrogen-bond acceptors (Lipinski definition) is 4. The third-order valence-electron chi connectivity index (χ3n) is 8.64. The van der Waals surface area contributed by atoms with Crippen molar-refractivity contribution < 1.29 is 35.8 Å². The van der Waals surface area contributed by atoms with Gasteiger partial charge in [-0.1, -0.05) is 73.5 Å².